The van der Waals surface area contributed by atoms with E-state index in [0.29, 0.717) is 10.2 Å². The minimum atomic E-state index is -4.35. The Morgan fingerprint density at radius 3 is 2.83 bits per heavy atom. The second kappa shape index (κ2) is 6.69. The molecule has 0 aromatic carbocycles. The van der Waals surface area contributed by atoms with Crippen molar-refractivity contribution < 1.29 is 22.7 Å². The molecule has 8 heteroatoms. The van der Waals surface area contributed by atoms with E-state index in [9.17, 15) is 18.0 Å². The van der Waals surface area contributed by atoms with Crippen LogP contribution in [0.25, 0.3) is 0 Å². The summed E-state index contributed by atoms with van der Waals surface area (Å²) < 4.78 is 40.0. The molecule has 100 valence electrons. The Morgan fingerprint density at radius 1 is 1.50 bits per heavy atom. The van der Waals surface area contributed by atoms with Crippen LogP contribution in [0, 0.1) is 0 Å². The fourth-order valence-electron chi connectivity index (χ4n) is 1.07. The van der Waals surface area contributed by atoms with Crippen LogP contribution in [0.15, 0.2) is 22.9 Å². The Kier molecular flexibility index (Phi) is 5.54. The van der Waals surface area contributed by atoms with Crippen LogP contribution < -0.4 is 5.32 Å². The number of halogens is 4. The second-order valence-electron chi connectivity index (χ2n) is 3.29. The lowest BCUT2D eigenvalue weighted by Gasteiger charge is -2.08. The van der Waals surface area contributed by atoms with E-state index in [4.69, 9.17) is 0 Å². The van der Waals surface area contributed by atoms with E-state index in [1.165, 1.54) is 18.3 Å². The molecule has 18 heavy (non-hydrogen) atoms. The minimum Gasteiger partial charge on any atom is -0.370 e. The molecular weight excluding hydrogens is 317 g/mol. The molecule has 1 heterocycles. The second-order valence-corrected chi connectivity index (χ2v) is 4.10. The molecule has 0 aliphatic carbocycles. The van der Waals surface area contributed by atoms with Crippen LogP contribution >= 0.6 is 15.9 Å². The molecule has 0 aliphatic rings. The molecule has 0 aliphatic heterocycles. The number of ether oxygens (including phenoxy) is 1. The predicted molar refractivity (Wildman–Crippen MR) is 61.1 cm³/mol. The number of nitrogens with one attached hydrogen (secondary N) is 1. The zero-order valence-electron chi connectivity index (χ0n) is 9.13. The molecule has 0 atom stereocenters. The van der Waals surface area contributed by atoms with Gasteiger partial charge in [-0.2, -0.15) is 13.2 Å². The summed E-state index contributed by atoms with van der Waals surface area (Å²) in [6, 6.07) is 3.00. The van der Waals surface area contributed by atoms with E-state index in [1.807, 2.05) is 0 Å². The minimum absolute atomic E-state index is 0.00878. The first-order valence-electron chi connectivity index (χ1n) is 4.93. The molecule has 1 aromatic rings. The highest BCUT2D eigenvalue weighted by atomic mass is 79.9. The summed E-state index contributed by atoms with van der Waals surface area (Å²) in [4.78, 5) is 15.4. The first-order valence-corrected chi connectivity index (χ1v) is 5.72. The van der Waals surface area contributed by atoms with Crippen molar-refractivity contribution in [2.75, 3.05) is 19.8 Å². The van der Waals surface area contributed by atoms with Gasteiger partial charge in [0.1, 0.15) is 11.2 Å². The summed E-state index contributed by atoms with van der Waals surface area (Å²) in [5.41, 5.74) is 0.368. The van der Waals surface area contributed by atoms with E-state index >= 15 is 0 Å². The number of nitrogens with zero attached hydrogens (tertiary/aromatic N) is 1. The number of hydrogen-bond donors (Lipinski definition) is 1. The zero-order chi connectivity index (χ0) is 13.6. The van der Waals surface area contributed by atoms with Crippen molar-refractivity contribution in [3.63, 3.8) is 0 Å². The number of carbonyl (C=O) groups is 1. The summed E-state index contributed by atoms with van der Waals surface area (Å²) >= 11 is 3.10. The molecule has 0 fully saturated rings. The van der Waals surface area contributed by atoms with Gasteiger partial charge in [-0.25, -0.2) is 4.98 Å². The highest BCUT2D eigenvalue weighted by Crippen LogP contribution is 2.14. The van der Waals surface area contributed by atoms with Gasteiger partial charge in [0.15, 0.2) is 0 Å². The molecule has 1 rings (SSSR count). The van der Waals surface area contributed by atoms with E-state index in [1.54, 1.807) is 0 Å². The monoisotopic (exact) mass is 326 g/mol. The number of alkyl halides is 3. The lowest BCUT2D eigenvalue weighted by molar-refractivity contribution is -0.173. The van der Waals surface area contributed by atoms with Gasteiger partial charge in [0.2, 0.25) is 0 Å². The lowest BCUT2D eigenvalue weighted by Crippen LogP contribution is -2.28. The molecule has 4 nitrogen and oxygen atoms in total. The van der Waals surface area contributed by atoms with Gasteiger partial charge in [-0.3, -0.25) is 4.79 Å². The van der Waals surface area contributed by atoms with Crippen LogP contribution in [-0.4, -0.2) is 36.8 Å². The summed E-state index contributed by atoms with van der Waals surface area (Å²) in [5.74, 6) is -0.395. The lowest BCUT2D eigenvalue weighted by atomic mass is 10.2. The maximum Gasteiger partial charge on any atom is 0.411 e. The molecule has 0 spiro atoms. The topological polar surface area (TPSA) is 51.2 Å². The summed E-state index contributed by atoms with van der Waals surface area (Å²) in [5, 5.41) is 2.43. The Labute approximate surface area is 110 Å². The van der Waals surface area contributed by atoms with Gasteiger partial charge in [-0.1, -0.05) is 0 Å². The van der Waals surface area contributed by atoms with Crippen LogP contribution in [0.4, 0.5) is 13.2 Å². The van der Waals surface area contributed by atoms with E-state index in [-0.39, 0.29) is 13.2 Å². The molecule has 1 amide bonds. The smallest absolute Gasteiger partial charge is 0.370 e. The summed E-state index contributed by atoms with van der Waals surface area (Å²) in [6.45, 7) is -1.50. The number of rotatable bonds is 5. The van der Waals surface area contributed by atoms with Crippen molar-refractivity contribution in [1.82, 2.24) is 10.3 Å². The molecule has 0 radical (unpaired) electrons. The number of aromatic nitrogens is 1. The van der Waals surface area contributed by atoms with Gasteiger partial charge in [0, 0.05) is 18.3 Å². The van der Waals surface area contributed by atoms with Gasteiger partial charge in [-0.15, -0.1) is 0 Å². The standard InChI is InChI=1S/C10H10BrF3N2O2/c11-8-5-7(1-2-15-8)9(17)16-3-4-18-6-10(12,13)14/h1-2,5H,3-4,6H2,(H,16,17). The molecular formula is C10H10BrF3N2O2. The molecule has 1 aromatic heterocycles. The van der Waals surface area contributed by atoms with Crippen LogP contribution in [0.3, 0.4) is 0 Å². The van der Waals surface area contributed by atoms with Crippen LogP contribution in [0.1, 0.15) is 10.4 Å². The van der Waals surface area contributed by atoms with Gasteiger partial charge in [-0.05, 0) is 28.1 Å². The molecule has 0 unspecified atom stereocenters. The molecule has 1 N–H and O–H groups in total. The zero-order valence-corrected chi connectivity index (χ0v) is 10.7. The Morgan fingerprint density at radius 2 is 2.22 bits per heavy atom. The van der Waals surface area contributed by atoms with Crippen molar-refractivity contribution in [3.8, 4) is 0 Å². The predicted octanol–water partition coefficient (Wildman–Crippen LogP) is 2.15. The fraction of sp³-hybridized carbons (Fsp3) is 0.400. The van der Waals surface area contributed by atoms with Crippen LogP contribution in [0.2, 0.25) is 0 Å². The largest absolute Gasteiger partial charge is 0.411 e. The maximum absolute atomic E-state index is 11.7. The summed E-state index contributed by atoms with van der Waals surface area (Å²) in [6.07, 6.45) is -2.90. The number of hydrogen-bond acceptors (Lipinski definition) is 3. The molecule has 0 saturated carbocycles. The highest BCUT2D eigenvalue weighted by Gasteiger charge is 2.27. The van der Waals surface area contributed by atoms with Gasteiger partial charge in [0.25, 0.3) is 5.91 Å². The number of amides is 1. The number of pyridine rings is 1. The highest BCUT2D eigenvalue weighted by molar-refractivity contribution is 9.10. The van der Waals surface area contributed by atoms with Crippen molar-refractivity contribution in [2.24, 2.45) is 0 Å². The third-order valence-corrected chi connectivity index (χ3v) is 2.22. The van der Waals surface area contributed by atoms with Gasteiger partial charge < -0.3 is 10.1 Å². The average molecular weight is 327 g/mol. The SMILES string of the molecule is O=C(NCCOCC(F)(F)F)c1ccnc(Br)c1. The van der Waals surface area contributed by atoms with Crippen molar-refractivity contribution in [1.29, 1.82) is 0 Å². The Hall–Kier alpha value is -1.15. The first kappa shape index (κ1) is 14.9. The molecule has 0 bridgehead atoms. The number of carbonyl (C=O) groups excluding carboxylic acids is 1. The van der Waals surface area contributed by atoms with Crippen LogP contribution in [0.5, 0.6) is 0 Å². The normalized spacial score (nSPS) is 11.3. The van der Waals surface area contributed by atoms with Crippen molar-refractivity contribution in [3.05, 3.63) is 28.5 Å². The molecule has 0 saturated heterocycles. The fourth-order valence-corrected chi connectivity index (χ4v) is 1.44. The maximum atomic E-state index is 11.7. The Bertz CT molecular complexity index is 412. The average Bonchev–Trinajstić information content (AvgIpc) is 2.26. The van der Waals surface area contributed by atoms with E-state index in [2.05, 4.69) is 31.0 Å². The Balaban J connectivity index is 2.26. The first-order chi connectivity index (χ1) is 8.38. The summed E-state index contributed by atoms with van der Waals surface area (Å²) in [7, 11) is 0. The van der Waals surface area contributed by atoms with E-state index < -0.39 is 18.7 Å². The van der Waals surface area contributed by atoms with Gasteiger partial charge in [0.05, 0.1) is 6.61 Å². The van der Waals surface area contributed by atoms with Crippen molar-refractivity contribution in [2.45, 2.75) is 6.18 Å². The third kappa shape index (κ3) is 5.97. The van der Waals surface area contributed by atoms with Crippen LogP contribution in [-0.2, 0) is 4.74 Å². The van der Waals surface area contributed by atoms with Crippen molar-refractivity contribution >= 4 is 21.8 Å². The van der Waals surface area contributed by atoms with E-state index in [0.717, 1.165) is 0 Å². The third-order valence-electron chi connectivity index (χ3n) is 1.79. The quantitative estimate of drug-likeness (QED) is 0.666. The van der Waals surface area contributed by atoms with Gasteiger partial charge >= 0.3 is 6.18 Å².